The third-order valence-electron chi connectivity index (χ3n) is 0.607. The molecule has 0 heterocycles. The Morgan fingerprint density at radius 1 is 1.56 bits per heavy atom. The Balaban J connectivity index is 3.77. The van der Waals surface area contributed by atoms with E-state index < -0.39 is 25.9 Å². The summed E-state index contributed by atoms with van der Waals surface area (Å²) in [5.74, 6) is -1.52. The molecule has 52 valence electrons. The van der Waals surface area contributed by atoms with E-state index in [4.69, 9.17) is 10.2 Å². The third-order valence-corrected chi connectivity index (χ3v) is 1.25. The Hall–Kier alpha value is -0.670. The molecule has 0 aromatic rings. The van der Waals surface area contributed by atoms with Crippen LogP contribution in [0.15, 0.2) is 0 Å². The Morgan fingerprint density at radius 2 is 2.00 bits per heavy atom. The molecule has 0 rings (SSSR count). The number of rotatable bonds is 3. The van der Waals surface area contributed by atoms with Crippen LogP contribution in [0.4, 0.5) is 0 Å². The van der Waals surface area contributed by atoms with E-state index in [0.29, 0.717) is 0 Å². The van der Waals surface area contributed by atoms with Crippen LogP contribution in [0, 0.1) is 0 Å². The van der Waals surface area contributed by atoms with Gasteiger partial charge in [-0.05, 0) is 0 Å². The molecule has 0 aliphatic rings. The van der Waals surface area contributed by atoms with Crippen molar-refractivity contribution >= 4 is 13.6 Å². The number of carboxylic acids is 1. The van der Waals surface area contributed by atoms with Crippen molar-refractivity contribution in [2.75, 3.05) is 6.16 Å². The van der Waals surface area contributed by atoms with Gasteiger partial charge in [-0.15, -0.1) is 0 Å². The fourth-order valence-corrected chi connectivity index (χ4v) is 0.658. The molecule has 0 bridgehead atoms. The van der Waals surface area contributed by atoms with Crippen molar-refractivity contribution < 1.29 is 24.1 Å². The predicted octanol–water partition coefficient (Wildman–Crippen LogP) is -0.395. The van der Waals surface area contributed by atoms with Gasteiger partial charge in [0.25, 0.3) is 0 Å². The molecule has 0 aromatic carbocycles. The lowest BCUT2D eigenvalue weighted by atomic mass is 10.4. The molecule has 0 fully saturated rings. The van der Waals surface area contributed by atoms with E-state index in [1.165, 1.54) is 0 Å². The molecule has 0 radical (unpaired) electrons. The molecule has 0 spiro atoms. The molecular formula is C3H5O5P. The number of carboxylic acid groups (broad SMARTS) is 1. The van der Waals surface area contributed by atoms with E-state index in [1.807, 2.05) is 0 Å². The van der Waals surface area contributed by atoms with Crippen molar-refractivity contribution in [1.29, 1.82) is 0 Å². The summed E-state index contributed by atoms with van der Waals surface area (Å²) in [5, 5.41) is 16.2. The predicted molar refractivity (Wildman–Crippen MR) is 26.8 cm³/mol. The molecule has 0 aliphatic carbocycles. The minimum atomic E-state index is -2.80. The van der Waals surface area contributed by atoms with Crippen molar-refractivity contribution in [1.82, 2.24) is 0 Å². The van der Waals surface area contributed by atoms with Gasteiger partial charge in [0.15, 0.2) is 6.10 Å². The van der Waals surface area contributed by atoms with Crippen LogP contribution in [0.5, 0.6) is 0 Å². The Labute approximate surface area is 51.1 Å². The van der Waals surface area contributed by atoms with Gasteiger partial charge in [0.05, 0.1) is 6.16 Å². The van der Waals surface area contributed by atoms with Crippen LogP contribution >= 0.6 is 7.68 Å². The molecule has 1 unspecified atom stereocenters. The molecule has 2 N–H and O–H groups in total. The van der Waals surface area contributed by atoms with Crippen molar-refractivity contribution in [2.45, 2.75) is 6.10 Å². The molecule has 0 saturated heterocycles. The summed E-state index contributed by atoms with van der Waals surface area (Å²) in [4.78, 5) is 9.72. The first-order chi connectivity index (χ1) is 4.04. The van der Waals surface area contributed by atoms with Gasteiger partial charge in [-0.25, -0.2) is 13.9 Å². The average molecular weight is 152 g/mol. The van der Waals surface area contributed by atoms with Gasteiger partial charge < -0.3 is 10.2 Å². The second-order valence-corrected chi connectivity index (χ2v) is 2.40. The summed E-state index contributed by atoms with van der Waals surface area (Å²) in [6, 6.07) is 0. The van der Waals surface area contributed by atoms with Gasteiger partial charge in [0.2, 0.25) is 0 Å². The van der Waals surface area contributed by atoms with Gasteiger partial charge in [-0.2, -0.15) is 0 Å². The van der Waals surface area contributed by atoms with Crippen molar-refractivity contribution in [3.05, 3.63) is 0 Å². The Morgan fingerprint density at radius 3 is 2.11 bits per heavy atom. The van der Waals surface area contributed by atoms with Gasteiger partial charge >= 0.3 is 13.6 Å². The topological polar surface area (TPSA) is 91.7 Å². The largest absolute Gasteiger partial charge is 0.479 e. The quantitative estimate of drug-likeness (QED) is 0.537. The summed E-state index contributed by atoms with van der Waals surface area (Å²) in [5.41, 5.74) is 0. The van der Waals surface area contributed by atoms with Crippen LogP contribution in [0.2, 0.25) is 0 Å². The highest BCUT2D eigenvalue weighted by Gasteiger charge is 2.14. The van der Waals surface area contributed by atoms with Crippen LogP contribution < -0.4 is 0 Å². The summed E-state index contributed by atoms with van der Waals surface area (Å²) in [7, 11) is -2.80. The maximum absolute atomic E-state index is 9.73. The van der Waals surface area contributed by atoms with Gasteiger partial charge in [-0.1, -0.05) is 0 Å². The standard InChI is InChI=1S/C3H5O5P/c4-2(3(5)6)1-9(7)8/h2,4H,1H2,(H,5,6). The minimum Gasteiger partial charge on any atom is -0.479 e. The lowest BCUT2D eigenvalue weighted by Crippen LogP contribution is -2.20. The van der Waals surface area contributed by atoms with E-state index in [0.717, 1.165) is 0 Å². The number of aliphatic carboxylic acids is 1. The summed E-state index contributed by atoms with van der Waals surface area (Å²) in [6.07, 6.45) is -2.50. The fraction of sp³-hybridized carbons (Fsp3) is 0.667. The van der Waals surface area contributed by atoms with Gasteiger partial charge in [-0.3, -0.25) is 0 Å². The van der Waals surface area contributed by atoms with Crippen LogP contribution in [0.25, 0.3) is 0 Å². The molecular weight excluding hydrogens is 147 g/mol. The van der Waals surface area contributed by atoms with Gasteiger partial charge in [0, 0.05) is 0 Å². The number of aliphatic hydroxyl groups is 1. The number of hydrogen-bond acceptors (Lipinski definition) is 4. The molecule has 0 saturated carbocycles. The lowest BCUT2D eigenvalue weighted by Gasteiger charge is -1.94. The summed E-state index contributed by atoms with van der Waals surface area (Å²) >= 11 is 0. The van der Waals surface area contributed by atoms with Crippen molar-refractivity contribution in [2.24, 2.45) is 0 Å². The highest BCUT2D eigenvalue weighted by atomic mass is 31.1. The highest BCUT2D eigenvalue weighted by Crippen LogP contribution is 2.04. The van der Waals surface area contributed by atoms with E-state index in [9.17, 15) is 13.9 Å². The first kappa shape index (κ1) is 8.33. The number of aliphatic hydroxyl groups excluding tert-OH is 1. The van der Waals surface area contributed by atoms with Crippen molar-refractivity contribution in [3.63, 3.8) is 0 Å². The monoisotopic (exact) mass is 152 g/mol. The SMILES string of the molecule is O=C(O)C(O)CP(=O)=O. The van der Waals surface area contributed by atoms with Crippen LogP contribution in [0.1, 0.15) is 0 Å². The average Bonchev–Trinajstić information content (AvgIpc) is 1.63. The Kier molecular flexibility index (Phi) is 3.12. The summed E-state index contributed by atoms with van der Waals surface area (Å²) in [6.45, 7) is 0. The molecule has 0 amide bonds. The first-order valence-electron chi connectivity index (χ1n) is 2.06. The normalized spacial score (nSPS) is 12.6. The smallest absolute Gasteiger partial charge is 0.333 e. The first-order valence-corrected chi connectivity index (χ1v) is 3.43. The zero-order chi connectivity index (χ0) is 7.44. The van der Waals surface area contributed by atoms with Crippen LogP contribution in [-0.4, -0.2) is 28.4 Å². The molecule has 1 atom stereocenters. The molecule has 0 aliphatic heterocycles. The number of carbonyl (C=O) groups is 1. The maximum Gasteiger partial charge on any atom is 0.333 e. The fourth-order valence-electron chi connectivity index (χ4n) is 0.219. The van der Waals surface area contributed by atoms with E-state index >= 15 is 0 Å². The minimum absolute atomic E-state index is 0.718. The molecule has 9 heavy (non-hydrogen) atoms. The van der Waals surface area contributed by atoms with E-state index in [2.05, 4.69) is 0 Å². The van der Waals surface area contributed by atoms with Crippen LogP contribution in [-0.2, 0) is 13.9 Å². The van der Waals surface area contributed by atoms with Crippen molar-refractivity contribution in [3.8, 4) is 0 Å². The lowest BCUT2D eigenvalue weighted by molar-refractivity contribution is -0.145. The second kappa shape index (κ2) is 3.37. The third kappa shape index (κ3) is 3.88. The van der Waals surface area contributed by atoms with E-state index in [-0.39, 0.29) is 0 Å². The maximum atomic E-state index is 9.73. The second-order valence-electron chi connectivity index (χ2n) is 1.37. The molecule has 5 nitrogen and oxygen atoms in total. The number of hydrogen-bond donors (Lipinski definition) is 2. The van der Waals surface area contributed by atoms with E-state index in [1.54, 1.807) is 0 Å². The zero-order valence-electron chi connectivity index (χ0n) is 4.35. The zero-order valence-corrected chi connectivity index (χ0v) is 5.25. The van der Waals surface area contributed by atoms with Crippen LogP contribution in [0.3, 0.4) is 0 Å². The molecule has 6 heteroatoms. The Bertz CT molecular complexity index is 163. The highest BCUT2D eigenvalue weighted by molar-refractivity contribution is 7.30. The molecule has 0 aromatic heterocycles. The van der Waals surface area contributed by atoms with Gasteiger partial charge in [0.1, 0.15) is 0 Å². The summed E-state index contributed by atoms with van der Waals surface area (Å²) < 4.78 is 19.5.